The second-order valence-electron chi connectivity index (χ2n) is 4.71. The Morgan fingerprint density at radius 3 is 2.90 bits per heavy atom. The molecule has 1 fully saturated rings. The number of benzene rings is 1. The molecule has 1 aliphatic heterocycles. The van der Waals surface area contributed by atoms with Crippen molar-refractivity contribution in [3.63, 3.8) is 0 Å². The average Bonchev–Trinajstić information content (AvgIpc) is 2.46. The second-order valence-corrected chi connectivity index (χ2v) is 6.44. The van der Waals surface area contributed by atoms with E-state index in [0.717, 1.165) is 19.3 Å². The topological polar surface area (TPSA) is 105 Å². The quantitative estimate of drug-likeness (QED) is 0.806. The van der Waals surface area contributed by atoms with Gasteiger partial charge in [-0.3, -0.25) is 0 Å². The normalized spacial score (nSPS) is 19.4. The van der Waals surface area contributed by atoms with Crippen LogP contribution in [0.4, 0.5) is 5.69 Å². The predicted octanol–water partition coefficient (Wildman–Crippen LogP) is 0.988. The summed E-state index contributed by atoms with van der Waals surface area (Å²) in [6.45, 7) is 0.884. The molecule has 1 aromatic rings. The fourth-order valence-electron chi connectivity index (χ4n) is 2.12. The maximum Gasteiger partial charge on any atom is 0.241 e. The van der Waals surface area contributed by atoms with Crippen molar-refractivity contribution in [3.05, 3.63) is 23.8 Å². The van der Waals surface area contributed by atoms with Crippen molar-refractivity contribution < 1.29 is 13.2 Å². The van der Waals surface area contributed by atoms with Crippen LogP contribution in [0.15, 0.2) is 23.1 Å². The van der Waals surface area contributed by atoms with Crippen LogP contribution in [0, 0.1) is 11.3 Å². The first-order chi connectivity index (χ1) is 9.53. The molecule has 1 heterocycles. The van der Waals surface area contributed by atoms with Crippen molar-refractivity contribution in [2.75, 3.05) is 18.9 Å². The molecule has 3 N–H and O–H groups in total. The summed E-state index contributed by atoms with van der Waals surface area (Å²) in [5.74, 6) is 0. The van der Waals surface area contributed by atoms with Crippen molar-refractivity contribution in [1.29, 1.82) is 5.26 Å². The molecule has 6 nitrogen and oxygen atoms in total. The Kier molecular flexibility index (Phi) is 4.60. The number of anilines is 1. The SMILES string of the molecule is N#Cc1cc(N)ccc1S(=O)(=O)NCC1CCCCO1. The summed E-state index contributed by atoms with van der Waals surface area (Å²) in [4.78, 5) is -0.0509. The molecular weight excluding hydrogens is 278 g/mol. The highest BCUT2D eigenvalue weighted by Crippen LogP contribution is 2.18. The number of rotatable bonds is 4. The van der Waals surface area contributed by atoms with Gasteiger partial charge in [-0.1, -0.05) is 0 Å². The summed E-state index contributed by atoms with van der Waals surface area (Å²) in [7, 11) is -3.73. The van der Waals surface area contributed by atoms with E-state index in [-0.39, 0.29) is 23.1 Å². The van der Waals surface area contributed by atoms with Gasteiger partial charge in [-0.2, -0.15) is 5.26 Å². The molecule has 1 unspecified atom stereocenters. The minimum atomic E-state index is -3.73. The number of nitriles is 1. The molecule has 0 radical (unpaired) electrons. The Hall–Kier alpha value is -1.62. The van der Waals surface area contributed by atoms with E-state index in [9.17, 15) is 8.42 Å². The zero-order chi connectivity index (χ0) is 14.6. The lowest BCUT2D eigenvalue weighted by molar-refractivity contribution is 0.0200. The van der Waals surface area contributed by atoms with Crippen LogP contribution in [0.1, 0.15) is 24.8 Å². The lowest BCUT2D eigenvalue weighted by atomic mass is 10.1. The smallest absolute Gasteiger partial charge is 0.241 e. The molecule has 1 aliphatic rings. The summed E-state index contributed by atoms with van der Waals surface area (Å²) in [5, 5.41) is 9.00. The number of nitrogen functional groups attached to an aromatic ring is 1. The van der Waals surface area contributed by atoms with Gasteiger partial charge in [0.2, 0.25) is 10.0 Å². The molecular formula is C13H17N3O3S. The first-order valence-electron chi connectivity index (χ1n) is 6.44. The number of hydrogen-bond acceptors (Lipinski definition) is 5. The highest BCUT2D eigenvalue weighted by molar-refractivity contribution is 7.89. The van der Waals surface area contributed by atoms with Crippen molar-refractivity contribution in [1.82, 2.24) is 4.72 Å². The highest BCUT2D eigenvalue weighted by atomic mass is 32.2. The molecule has 20 heavy (non-hydrogen) atoms. The third-order valence-corrected chi connectivity index (χ3v) is 4.67. The summed E-state index contributed by atoms with van der Waals surface area (Å²) in [6, 6.07) is 6.01. The summed E-state index contributed by atoms with van der Waals surface area (Å²) >= 11 is 0. The fourth-order valence-corrected chi connectivity index (χ4v) is 3.32. The molecule has 0 aliphatic carbocycles. The van der Waals surface area contributed by atoms with Crippen LogP contribution in [0.25, 0.3) is 0 Å². The van der Waals surface area contributed by atoms with E-state index < -0.39 is 10.0 Å². The van der Waals surface area contributed by atoms with Crippen LogP contribution in [-0.4, -0.2) is 27.7 Å². The molecule has 1 atom stereocenters. The zero-order valence-corrected chi connectivity index (χ0v) is 11.8. The van der Waals surface area contributed by atoms with E-state index in [2.05, 4.69) is 4.72 Å². The number of nitrogens with two attached hydrogens (primary N) is 1. The van der Waals surface area contributed by atoms with Gasteiger partial charge >= 0.3 is 0 Å². The lowest BCUT2D eigenvalue weighted by Crippen LogP contribution is -2.35. The molecule has 0 saturated carbocycles. The van der Waals surface area contributed by atoms with Crippen molar-refractivity contribution >= 4 is 15.7 Å². The van der Waals surface area contributed by atoms with Gasteiger partial charge in [-0.25, -0.2) is 13.1 Å². The Morgan fingerprint density at radius 2 is 2.25 bits per heavy atom. The van der Waals surface area contributed by atoms with Gasteiger partial charge in [0.15, 0.2) is 0 Å². The van der Waals surface area contributed by atoms with E-state index in [1.54, 1.807) is 0 Å². The molecule has 0 amide bonds. The van der Waals surface area contributed by atoms with E-state index >= 15 is 0 Å². The number of nitrogens with one attached hydrogen (secondary N) is 1. The average molecular weight is 295 g/mol. The standard InChI is InChI=1S/C13H17N3O3S/c14-8-10-7-11(15)4-5-13(10)20(17,18)16-9-12-3-1-2-6-19-12/h4-5,7,12,16H,1-3,6,9,15H2. The molecule has 0 aromatic heterocycles. The van der Waals surface area contributed by atoms with Crippen LogP contribution < -0.4 is 10.5 Å². The maximum atomic E-state index is 12.2. The Balaban J connectivity index is 2.12. The highest BCUT2D eigenvalue weighted by Gasteiger charge is 2.21. The lowest BCUT2D eigenvalue weighted by Gasteiger charge is -2.22. The van der Waals surface area contributed by atoms with Gasteiger partial charge in [0.25, 0.3) is 0 Å². The van der Waals surface area contributed by atoms with Gasteiger partial charge in [0.05, 0.1) is 16.6 Å². The Bertz CT molecular complexity index is 616. The van der Waals surface area contributed by atoms with E-state index in [4.69, 9.17) is 15.7 Å². The van der Waals surface area contributed by atoms with E-state index in [1.165, 1.54) is 18.2 Å². The third-order valence-electron chi connectivity index (χ3n) is 3.19. The van der Waals surface area contributed by atoms with Crippen LogP contribution >= 0.6 is 0 Å². The van der Waals surface area contributed by atoms with Crippen LogP contribution in [0.2, 0.25) is 0 Å². The van der Waals surface area contributed by atoms with Gasteiger partial charge in [0.1, 0.15) is 6.07 Å². The summed E-state index contributed by atoms with van der Waals surface area (Å²) in [5.41, 5.74) is 5.95. The number of sulfonamides is 1. The van der Waals surface area contributed by atoms with Gasteiger partial charge in [-0.05, 0) is 37.5 Å². The number of ether oxygens (including phenoxy) is 1. The van der Waals surface area contributed by atoms with Crippen molar-refractivity contribution in [2.24, 2.45) is 0 Å². The Labute approximate surface area is 118 Å². The first-order valence-corrected chi connectivity index (χ1v) is 7.92. The minimum absolute atomic E-state index is 0.0436. The van der Waals surface area contributed by atoms with Crippen LogP contribution in [-0.2, 0) is 14.8 Å². The number of hydrogen-bond donors (Lipinski definition) is 2. The maximum absolute atomic E-state index is 12.2. The molecule has 0 spiro atoms. The molecule has 108 valence electrons. The fraction of sp³-hybridized carbons (Fsp3) is 0.462. The van der Waals surface area contributed by atoms with Crippen molar-refractivity contribution in [2.45, 2.75) is 30.3 Å². The number of nitrogens with zero attached hydrogens (tertiary/aromatic N) is 1. The summed E-state index contributed by atoms with van der Waals surface area (Å²) in [6.07, 6.45) is 2.80. The van der Waals surface area contributed by atoms with Gasteiger partial charge in [-0.15, -0.1) is 0 Å². The molecule has 1 aromatic carbocycles. The molecule has 2 rings (SSSR count). The second kappa shape index (κ2) is 6.22. The van der Waals surface area contributed by atoms with E-state index in [1.807, 2.05) is 6.07 Å². The monoisotopic (exact) mass is 295 g/mol. The van der Waals surface area contributed by atoms with Gasteiger partial charge < -0.3 is 10.5 Å². The third kappa shape index (κ3) is 3.48. The molecule has 7 heteroatoms. The van der Waals surface area contributed by atoms with E-state index in [0.29, 0.717) is 12.3 Å². The van der Waals surface area contributed by atoms with Crippen LogP contribution in [0.3, 0.4) is 0 Å². The van der Waals surface area contributed by atoms with Crippen LogP contribution in [0.5, 0.6) is 0 Å². The first kappa shape index (κ1) is 14.8. The zero-order valence-electron chi connectivity index (χ0n) is 11.0. The van der Waals surface area contributed by atoms with Gasteiger partial charge in [0, 0.05) is 18.8 Å². The molecule has 0 bridgehead atoms. The minimum Gasteiger partial charge on any atom is -0.399 e. The summed E-state index contributed by atoms with van der Waals surface area (Å²) < 4.78 is 32.4. The Morgan fingerprint density at radius 1 is 1.45 bits per heavy atom. The molecule has 1 saturated heterocycles. The largest absolute Gasteiger partial charge is 0.399 e. The van der Waals surface area contributed by atoms with Crippen molar-refractivity contribution in [3.8, 4) is 6.07 Å². The predicted molar refractivity (Wildman–Crippen MR) is 74.3 cm³/mol.